The third-order valence-electron chi connectivity index (χ3n) is 5.77. The molecule has 2 aromatic carbocycles. The van der Waals surface area contributed by atoms with Crippen molar-refractivity contribution < 1.29 is 44.1 Å². The van der Waals surface area contributed by atoms with Crippen LogP contribution in [0, 0.1) is 0 Å². The first kappa shape index (κ1) is 33.1. The Bertz CT molecular complexity index is 1250. The highest BCUT2D eigenvalue weighted by molar-refractivity contribution is 7.96. The number of aromatic hydroxyl groups is 1. The number of benzene rings is 2. The fourth-order valence-corrected chi connectivity index (χ4v) is 4.06. The number of phenolic OH excluding ortho intramolecular Hbond substituents is 1. The molecule has 13 nitrogen and oxygen atoms in total. The second-order valence-corrected chi connectivity index (χ2v) is 9.66. The number of hydrogen-bond donors (Lipinski definition) is 9. The van der Waals surface area contributed by atoms with Crippen LogP contribution in [0.4, 0.5) is 0 Å². The Morgan fingerprint density at radius 3 is 1.61 bits per heavy atom. The summed E-state index contributed by atoms with van der Waals surface area (Å²) < 4.78 is 2.57. The average Bonchev–Trinajstić information content (AvgIpc) is 2.91. The first-order valence-corrected chi connectivity index (χ1v) is 13.1. The van der Waals surface area contributed by atoms with Gasteiger partial charge in [-0.2, -0.15) is 0 Å². The Morgan fingerprint density at radius 1 is 0.634 bits per heavy atom. The van der Waals surface area contributed by atoms with Crippen molar-refractivity contribution in [2.45, 2.75) is 49.9 Å². The minimum absolute atomic E-state index is 0.0326. The Morgan fingerprint density at radius 2 is 1.07 bits per heavy atom. The topological polar surface area (TPSA) is 211 Å². The Labute approximate surface area is 246 Å². The highest BCUT2D eigenvalue weighted by atomic mass is 32.1. The largest absolute Gasteiger partial charge is 0.508 e. The van der Waals surface area contributed by atoms with Crippen LogP contribution >= 0.6 is 25.4 Å². The molecule has 4 atom stereocenters. The lowest BCUT2D eigenvalue weighted by Gasteiger charge is -2.25. The predicted molar refractivity (Wildman–Crippen MR) is 152 cm³/mol. The molecule has 0 aliphatic heterocycles. The molecule has 0 saturated heterocycles. The van der Waals surface area contributed by atoms with Crippen molar-refractivity contribution in [3.8, 4) is 5.75 Å². The Kier molecular flexibility index (Phi) is 13.1. The number of rotatable bonds is 16. The van der Waals surface area contributed by atoms with Gasteiger partial charge in [0, 0.05) is 6.42 Å². The van der Waals surface area contributed by atoms with E-state index >= 15 is 0 Å². The van der Waals surface area contributed by atoms with E-state index in [1.807, 2.05) is 0 Å². The molecule has 0 aromatic heterocycles. The third kappa shape index (κ3) is 11.5. The minimum atomic E-state index is -1.71. The maximum atomic E-state index is 13.3. The zero-order valence-electron chi connectivity index (χ0n) is 21.5. The van der Waals surface area contributed by atoms with Crippen molar-refractivity contribution in [1.82, 2.24) is 20.7 Å². The number of carbonyl (C=O) groups is 6. The highest BCUT2D eigenvalue weighted by Gasteiger charge is 2.32. The molecule has 15 heteroatoms. The summed E-state index contributed by atoms with van der Waals surface area (Å²) in [5, 5.41) is 33.8. The molecule has 220 valence electrons. The lowest BCUT2D eigenvalue weighted by molar-refractivity contribution is -0.142. The van der Waals surface area contributed by atoms with E-state index in [2.05, 4.69) is 46.1 Å². The van der Waals surface area contributed by atoms with Crippen LogP contribution < -0.4 is 20.7 Å². The number of phenols is 1. The lowest BCUT2D eigenvalue weighted by Crippen LogP contribution is -2.58. The smallest absolute Gasteiger partial charge is 0.305 e. The number of carbonyl (C=O) groups excluding carboxylic acids is 4. The van der Waals surface area contributed by atoms with E-state index < -0.39 is 71.8 Å². The lowest BCUT2D eigenvalue weighted by atomic mass is 10.0. The average molecular weight is 607 g/mol. The van der Waals surface area contributed by atoms with Crippen LogP contribution in [0.25, 0.3) is 0 Å². The van der Waals surface area contributed by atoms with E-state index in [1.54, 1.807) is 42.5 Å². The summed E-state index contributed by atoms with van der Waals surface area (Å²) in [5.74, 6) is -5.50. The van der Waals surface area contributed by atoms with E-state index in [1.165, 1.54) is 12.1 Å². The van der Waals surface area contributed by atoms with Crippen LogP contribution in [0.3, 0.4) is 0 Å². The second-order valence-electron chi connectivity index (χ2n) is 8.96. The zero-order chi connectivity index (χ0) is 30.5. The van der Waals surface area contributed by atoms with Gasteiger partial charge in [-0.25, -0.2) is 0 Å². The number of carboxylic acids is 2. The molecule has 2 aromatic rings. The normalized spacial score (nSPS) is 13.6. The first-order valence-electron chi connectivity index (χ1n) is 12.2. The molecule has 0 aliphatic carbocycles. The van der Waals surface area contributed by atoms with Gasteiger partial charge in [0.25, 0.3) is 0 Å². The molecule has 2 rings (SSSR count). The van der Waals surface area contributed by atoms with Gasteiger partial charge in [0.05, 0.1) is 18.9 Å². The predicted octanol–water partition coefficient (Wildman–Crippen LogP) is -0.159. The molecular weight excluding hydrogens is 576 g/mol. The van der Waals surface area contributed by atoms with Gasteiger partial charge in [0.2, 0.25) is 22.8 Å². The van der Waals surface area contributed by atoms with Gasteiger partial charge in [0.15, 0.2) is 0 Å². The fourth-order valence-electron chi connectivity index (χ4n) is 3.70. The van der Waals surface area contributed by atoms with Gasteiger partial charge in [-0.3, -0.25) is 33.5 Å². The molecule has 0 bridgehead atoms. The molecule has 41 heavy (non-hydrogen) atoms. The molecule has 0 unspecified atom stereocenters. The molecule has 0 aliphatic rings. The highest BCUT2D eigenvalue weighted by Crippen LogP contribution is 2.12. The fraction of sp³-hybridized carbons (Fsp3) is 0.308. The summed E-state index contributed by atoms with van der Waals surface area (Å²) in [6.45, 7) is 0. The van der Waals surface area contributed by atoms with E-state index in [4.69, 9.17) is 5.11 Å². The summed E-state index contributed by atoms with van der Waals surface area (Å²) in [5.41, 5.74) is 1.32. The molecule has 0 fully saturated rings. The van der Waals surface area contributed by atoms with Crippen LogP contribution in [0.5, 0.6) is 5.75 Å². The van der Waals surface area contributed by atoms with Crippen LogP contribution in [0.15, 0.2) is 54.6 Å². The zero-order valence-corrected chi connectivity index (χ0v) is 23.3. The minimum Gasteiger partial charge on any atom is -0.508 e. The van der Waals surface area contributed by atoms with Gasteiger partial charge in [0.1, 0.15) is 23.9 Å². The van der Waals surface area contributed by atoms with Crippen molar-refractivity contribution >= 4 is 60.2 Å². The first-order chi connectivity index (χ1) is 19.4. The molecule has 7 N–H and O–H groups in total. The molecule has 0 radical (unpaired) electrons. The summed E-state index contributed by atoms with van der Waals surface area (Å²) in [6.07, 6.45) is -1.60. The number of nitrogens with one attached hydrogen (secondary N) is 4. The second kappa shape index (κ2) is 16.2. The number of thiol groups is 2. The number of aliphatic carboxylic acids is 2. The van der Waals surface area contributed by atoms with Crippen molar-refractivity contribution in [1.29, 1.82) is 0 Å². The van der Waals surface area contributed by atoms with E-state index in [0.717, 1.165) is 0 Å². The van der Waals surface area contributed by atoms with E-state index in [0.29, 0.717) is 11.1 Å². The molecule has 0 saturated carbocycles. The number of amides is 3. The Balaban J connectivity index is 2.26. The van der Waals surface area contributed by atoms with Gasteiger partial charge in [-0.15, -0.1) is 12.6 Å². The van der Waals surface area contributed by atoms with Gasteiger partial charge < -0.3 is 31.3 Å². The van der Waals surface area contributed by atoms with Crippen LogP contribution in [0.1, 0.15) is 24.0 Å². The van der Waals surface area contributed by atoms with Crippen molar-refractivity contribution in [3.05, 3.63) is 65.7 Å². The third-order valence-corrected chi connectivity index (χ3v) is 6.39. The SMILES string of the molecule is O=C(O)C[C@H](NC(=O)[C@H](CC(=O)O)NC(=O)[C@H](Cc1ccccc1)NC(=O)[C@H](Cc1ccc(O)cc1)NS)C(=O)S. The van der Waals surface area contributed by atoms with E-state index in [-0.39, 0.29) is 18.6 Å². The van der Waals surface area contributed by atoms with Crippen LogP contribution in [0.2, 0.25) is 0 Å². The Hall–Kier alpha value is -4.08. The molecule has 0 spiro atoms. The summed E-state index contributed by atoms with van der Waals surface area (Å²) in [7, 11) is 0. The monoisotopic (exact) mass is 606 g/mol. The maximum absolute atomic E-state index is 13.3. The van der Waals surface area contributed by atoms with Crippen LogP contribution in [-0.2, 0) is 41.6 Å². The summed E-state index contributed by atoms with van der Waals surface area (Å²) >= 11 is 7.57. The van der Waals surface area contributed by atoms with E-state index in [9.17, 15) is 39.0 Å². The van der Waals surface area contributed by atoms with Crippen molar-refractivity contribution in [3.63, 3.8) is 0 Å². The summed E-state index contributed by atoms with van der Waals surface area (Å²) in [6, 6.07) is 9.21. The number of carboxylic acid groups (broad SMARTS) is 2. The number of hydrogen-bond acceptors (Lipinski definition) is 9. The molecule has 0 heterocycles. The van der Waals surface area contributed by atoms with Gasteiger partial charge in [-0.05, 0) is 29.7 Å². The van der Waals surface area contributed by atoms with Crippen molar-refractivity contribution in [2.75, 3.05) is 0 Å². The van der Waals surface area contributed by atoms with Crippen molar-refractivity contribution in [2.24, 2.45) is 0 Å². The molecule has 3 amide bonds. The maximum Gasteiger partial charge on any atom is 0.305 e. The van der Waals surface area contributed by atoms with Gasteiger partial charge >= 0.3 is 11.9 Å². The summed E-state index contributed by atoms with van der Waals surface area (Å²) in [4.78, 5) is 73.4. The quantitative estimate of drug-likeness (QED) is 0.115. The molecular formula is C26H30N4O9S2. The van der Waals surface area contributed by atoms with Crippen LogP contribution in [-0.4, -0.2) is 74.3 Å². The standard InChI is InChI=1S/C26H30N4O9S2/c31-16-8-6-15(7-9-16)11-19(30-41)25(38)27-17(10-14-4-2-1-3-5-14)23(36)28-18(12-21(32)33)24(37)29-20(26(39)40)13-22(34)35/h1-9,17-20,30-31,41H,10-13H2,(H,27,38)(H,28,36)(H,29,37)(H,32,33)(H,34,35)(H,39,40)/t17-,18-,19-,20-/m0/s1. The van der Waals surface area contributed by atoms with Gasteiger partial charge in [-0.1, -0.05) is 55.3 Å².